The molecule has 0 aliphatic rings. The molecule has 0 spiro atoms. The number of carbonyl (C=O) groups excluding carboxylic acids is 1. The highest BCUT2D eigenvalue weighted by Gasteiger charge is 2.16. The summed E-state index contributed by atoms with van der Waals surface area (Å²) in [5.41, 5.74) is 3.78. The zero-order chi connectivity index (χ0) is 23.3. The van der Waals surface area contributed by atoms with Crippen LogP contribution in [0.4, 0.5) is 5.69 Å². The molecule has 0 fully saturated rings. The smallest absolute Gasteiger partial charge is 0.261 e. The third-order valence-electron chi connectivity index (χ3n) is 5.27. The summed E-state index contributed by atoms with van der Waals surface area (Å²) in [7, 11) is -3.75. The van der Waals surface area contributed by atoms with Gasteiger partial charge in [0, 0.05) is 24.5 Å². The lowest BCUT2D eigenvalue weighted by Gasteiger charge is -2.12. The fourth-order valence-corrected chi connectivity index (χ4v) is 4.54. The number of nitrogens with zero attached hydrogens (tertiary/aromatic N) is 2. The molecule has 0 radical (unpaired) electrons. The average Bonchev–Trinajstić information content (AvgIpc) is 3.33. The summed E-state index contributed by atoms with van der Waals surface area (Å²) in [4.78, 5) is 12.7. The van der Waals surface area contributed by atoms with Crippen molar-refractivity contribution in [2.75, 3.05) is 4.72 Å². The molecule has 3 aromatic carbocycles. The number of sulfonamides is 1. The van der Waals surface area contributed by atoms with Gasteiger partial charge >= 0.3 is 0 Å². The molecule has 0 saturated heterocycles. The van der Waals surface area contributed by atoms with E-state index in [0.29, 0.717) is 24.3 Å². The molecule has 1 aromatic heterocycles. The second kappa shape index (κ2) is 9.70. The van der Waals surface area contributed by atoms with E-state index in [0.717, 1.165) is 16.7 Å². The highest BCUT2D eigenvalue weighted by atomic mass is 32.2. The normalized spacial score (nSPS) is 11.2. The molecule has 2 N–H and O–H groups in total. The van der Waals surface area contributed by atoms with Crippen molar-refractivity contribution in [2.24, 2.45) is 0 Å². The van der Waals surface area contributed by atoms with E-state index in [1.807, 2.05) is 60.3 Å². The molecular weight excluding hydrogens is 436 g/mol. The van der Waals surface area contributed by atoms with Gasteiger partial charge in [0.15, 0.2) is 0 Å². The molecule has 0 aliphatic carbocycles. The van der Waals surface area contributed by atoms with E-state index in [1.54, 1.807) is 18.3 Å². The second-order valence-corrected chi connectivity index (χ2v) is 9.28. The molecule has 0 saturated carbocycles. The zero-order valence-electron chi connectivity index (χ0n) is 18.1. The van der Waals surface area contributed by atoms with E-state index in [1.165, 1.54) is 24.3 Å². The molecule has 168 valence electrons. The summed E-state index contributed by atoms with van der Waals surface area (Å²) in [5.74, 6) is -0.278. The molecule has 1 heterocycles. The number of nitrogens with one attached hydrogen (secondary N) is 2. The van der Waals surface area contributed by atoms with Crippen LogP contribution in [0.25, 0.3) is 0 Å². The molecule has 1 amide bonds. The molecule has 0 aliphatic heterocycles. The van der Waals surface area contributed by atoms with Crippen LogP contribution < -0.4 is 10.0 Å². The van der Waals surface area contributed by atoms with Crippen molar-refractivity contribution < 1.29 is 13.2 Å². The second-order valence-electron chi connectivity index (χ2n) is 7.60. The van der Waals surface area contributed by atoms with Crippen molar-refractivity contribution in [3.63, 3.8) is 0 Å². The number of amides is 1. The minimum Gasteiger partial charge on any atom is -0.348 e. The van der Waals surface area contributed by atoms with Gasteiger partial charge in [-0.05, 0) is 60.0 Å². The van der Waals surface area contributed by atoms with Crippen molar-refractivity contribution in [3.05, 3.63) is 114 Å². The van der Waals surface area contributed by atoms with Crippen molar-refractivity contribution in [3.8, 4) is 0 Å². The van der Waals surface area contributed by atoms with Crippen LogP contribution in [0, 0.1) is 6.92 Å². The van der Waals surface area contributed by atoms with Crippen molar-refractivity contribution in [2.45, 2.75) is 24.9 Å². The number of anilines is 1. The largest absolute Gasteiger partial charge is 0.348 e. The van der Waals surface area contributed by atoms with Crippen LogP contribution in [-0.4, -0.2) is 24.1 Å². The Morgan fingerprint density at radius 3 is 2.30 bits per heavy atom. The third-order valence-corrected chi connectivity index (χ3v) is 6.65. The van der Waals surface area contributed by atoms with Gasteiger partial charge < -0.3 is 5.32 Å². The number of aryl methyl sites for hydroxylation is 1. The van der Waals surface area contributed by atoms with Gasteiger partial charge in [-0.3, -0.25) is 14.2 Å². The predicted molar refractivity (Wildman–Crippen MR) is 127 cm³/mol. The van der Waals surface area contributed by atoms with E-state index in [-0.39, 0.29) is 10.8 Å². The Bertz CT molecular complexity index is 1350. The van der Waals surface area contributed by atoms with Crippen LogP contribution in [0.1, 0.15) is 27.0 Å². The Morgan fingerprint density at radius 1 is 0.909 bits per heavy atom. The van der Waals surface area contributed by atoms with Gasteiger partial charge in [0.2, 0.25) is 0 Å². The molecule has 33 heavy (non-hydrogen) atoms. The average molecular weight is 461 g/mol. The monoisotopic (exact) mass is 460 g/mol. The maximum Gasteiger partial charge on any atom is 0.261 e. The van der Waals surface area contributed by atoms with Gasteiger partial charge in [0.05, 0.1) is 17.1 Å². The van der Waals surface area contributed by atoms with Crippen LogP contribution in [-0.2, 0) is 23.1 Å². The minimum atomic E-state index is -3.75. The first-order chi connectivity index (χ1) is 15.9. The molecule has 0 atom stereocenters. The van der Waals surface area contributed by atoms with Crippen molar-refractivity contribution >= 4 is 21.6 Å². The summed E-state index contributed by atoms with van der Waals surface area (Å²) in [5, 5.41) is 7.14. The quantitative estimate of drug-likeness (QED) is 0.416. The summed E-state index contributed by atoms with van der Waals surface area (Å²) in [6.45, 7) is 2.79. The summed E-state index contributed by atoms with van der Waals surface area (Å²) < 4.78 is 29.8. The zero-order valence-corrected chi connectivity index (χ0v) is 18.9. The predicted octanol–water partition coefficient (Wildman–Crippen LogP) is 3.97. The molecule has 0 bridgehead atoms. The lowest BCUT2D eigenvalue weighted by molar-refractivity contribution is 0.0950. The number of hydrogen-bond acceptors (Lipinski definition) is 4. The highest BCUT2D eigenvalue weighted by molar-refractivity contribution is 7.92. The first-order valence-corrected chi connectivity index (χ1v) is 11.9. The SMILES string of the molecule is Cc1ccccc1NS(=O)(=O)c1ccc(C(=O)NCc2ccccc2Cn2cccn2)cc1. The van der Waals surface area contributed by atoms with Crippen LogP contribution in [0.3, 0.4) is 0 Å². The van der Waals surface area contributed by atoms with E-state index in [2.05, 4.69) is 15.1 Å². The first-order valence-electron chi connectivity index (χ1n) is 10.4. The number of para-hydroxylation sites is 1. The summed E-state index contributed by atoms with van der Waals surface area (Å²) in [6, 6.07) is 22.8. The minimum absolute atomic E-state index is 0.0897. The van der Waals surface area contributed by atoms with Crippen LogP contribution in [0.2, 0.25) is 0 Å². The number of carbonyl (C=O) groups is 1. The van der Waals surface area contributed by atoms with Gasteiger partial charge in [-0.25, -0.2) is 8.42 Å². The van der Waals surface area contributed by atoms with E-state index >= 15 is 0 Å². The standard InChI is InChI=1S/C25H24N4O3S/c1-19-7-2-5-10-24(19)28-33(31,32)23-13-11-20(12-14-23)25(30)26-17-21-8-3-4-9-22(21)18-29-16-6-15-27-29/h2-16,28H,17-18H2,1H3,(H,26,30). The number of benzene rings is 3. The van der Waals surface area contributed by atoms with Crippen LogP contribution in [0.5, 0.6) is 0 Å². The van der Waals surface area contributed by atoms with Gasteiger partial charge in [-0.2, -0.15) is 5.10 Å². The Labute approximate surface area is 193 Å². The number of aromatic nitrogens is 2. The molecule has 4 aromatic rings. The molecule has 8 heteroatoms. The Kier molecular flexibility index (Phi) is 6.55. The fourth-order valence-electron chi connectivity index (χ4n) is 3.41. The van der Waals surface area contributed by atoms with Gasteiger partial charge in [-0.1, -0.05) is 42.5 Å². The number of rotatable bonds is 8. The Morgan fingerprint density at radius 2 is 1.61 bits per heavy atom. The van der Waals surface area contributed by atoms with Gasteiger partial charge in [-0.15, -0.1) is 0 Å². The van der Waals surface area contributed by atoms with E-state index in [4.69, 9.17) is 0 Å². The van der Waals surface area contributed by atoms with Crippen molar-refractivity contribution in [1.82, 2.24) is 15.1 Å². The summed E-state index contributed by atoms with van der Waals surface area (Å²) >= 11 is 0. The lowest BCUT2D eigenvalue weighted by atomic mass is 10.1. The highest BCUT2D eigenvalue weighted by Crippen LogP contribution is 2.20. The maximum absolute atomic E-state index is 12.7. The summed E-state index contributed by atoms with van der Waals surface area (Å²) in [6.07, 6.45) is 3.61. The van der Waals surface area contributed by atoms with Gasteiger partial charge in [0.1, 0.15) is 0 Å². The molecular formula is C25H24N4O3S. The van der Waals surface area contributed by atoms with E-state index in [9.17, 15) is 13.2 Å². The Balaban J connectivity index is 1.42. The first kappa shape index (κ1) is 22.3. The van der Waals surface area contributed by atoms with Crippen LogP contribution >= 0.6 is 0 Å². The topological polar surface area (TPSA) is 93.1 Å². The van der Waals surface area contributed by atoms with Crippen molar-refractivity contribution in [1.29, 1.82) is 0 Å². The lowest BCUT2D eigenvalue weighted by Crippen LogP contribution is -2.24. The molecule has 7 nitrogen and oxygen atoms in total. The molecule has 4 rings (SSSR count). The van der Waals surface area contributed by atoms with Gasteiger partial charge in [0.25, 0.3) is 15.9 Å². The van der Waals surface area contributed by atoms with E-state index < -0.39 is 10.0 Å². The molecule has 0 unspecified atom stereocenters. The maximum atomic E-state index is 12.7. The fraction of sp³-hybridized carbons (Fsp3) is 0.120. The number of hydrogen-bond donors (Lipinski definition) is 2. The third kappa shape index (κ3) is 5.48. The van der Waals surface area contributed by atoms with Crippen LogP contribution in [0.15, 0.2) is 96.2 Å². The Hall–Kier alpha value is -3.91.